The minimum Gasteiger partial charge on any atom is -0.307 e. The highest BCUT2D eigenvalue weighted by molar-refractivity contribution is 9.10. The Balaban J connectivity index is 1.91. The zero-order valence-corrected chi connectivity index (χ0v) is 11.9. The van der Waals surface area contributed by atoms with Gasteiger partial charge in [0.15, 0.2) is 0 Å². The third kappa shape index (κ3) is 3.29. The molecule has 0 radical (unpaired) electrons. The zero-order chi connectivity index (χ0) is 12.4. The van der Waals surface area contributed by atoms with Gasteiger partial charge >= 0.3 is 0 Å². The van der Waals surface area contributed by atoms with Gasteiger partial charge in [-0.25, -0.2) is 4.39 Å². The molecule has 0 spiro atoms. The van der Waals surface area contributed by atoms with Crippen LogP contribution in [0, 0.1) is 11.7 Å². The van der Waals surface area contributed by atoms with Crippen molar-refractivity contribution in [3.8, 4) is 0 Å². The molecule has 3 unspecified atom stereocenters. The van der Waals surface area contributed by atoms with Gasteiger partial charge in [0.05, 0.1) is 4.47 Å². The number of nitrogens with one attached hydrogen (secondary N) is 1. The maximum absolute atomic E-state index is 13.1. The molecule has 0 bridgehead atoms. The summed E-state index contributed by atoms with van der Waals surface area (Å²) in [4.78, 5) is 0. The van der Waals surface area contributed by atoms with Crippen molar-refractivity contribution in [3.63, 3.8) is 0 Å². The fourth-order valence-electron chi connectivity index (χ4n) is 2.34. The maximum atomic E-state index is 13.1. The number of benzene rings is 1. The van der Waals surface area contributed by atoms with Crippen molar-refractivity contribution >= 4 is 15.9 Å². The molecule has 0 amide bonds. The van der Waals surface area contributed by atoms with Crippen LogP contribution in [-0.4, -0.2) is 6.04 Å². The van der Waals surface area contributed by atoms with Crippen LogP contribution < -0.4 is 5.32 Å². The first-order valence-corrected chi connectivity index (χ1v) is 7.12. The van der Waals surface area contributed by atoms with E-state index in [1.54, 1.807) is 0 Å². The van der Waals surface area contributed by atoms with Gasteiger partial charge in [-0.15, -0.1) is 0 Å². The first-order valence-electron chi connectivity index (χ1n) is 6.32. The third-order valence-electron chi connectivity index (χ3n) is 3.49. The molecular weight excluding hydrogens is 281 g/mol. The number of hydrogen-bond donors (Lipinski definition) is 1. The Kier molecular flexibility index (Phi) is 4.21. The van der Waals surface area contributed by atoms with E-state index in [0.29, 0.717) is 16.6 Å². The van der Waals surface area contributed by atoms with Crippen LogP contribution in [0.15, 0.2) is 22.7 Å². The summed E-state index contributed by atoms with van der Waals surface area (Å²) >= 11 is 3.23. The summed E-state index contributed by atoms with van der Waals surface area (Å²) in [5.74, 6) is 0.655. The number of halogens is 2. The van der Waals surface area contributed by atoms with E-state index in [-0.39, 0.29) is 5.82 Å². The quantitative estimate of drug-likeness (QED) is 0.848. The van der Waals surface area contributed by atoms with Gasteiger partial charge in [-0.2, -0.15) is 0 Å². The molecule has 0 saturated heterocycles. The van der Waals surface area contributed by atoms with Gasteiger partial charge in [0.25, 0.3) is 0 Å². The second-order valence-corrected chi connectivity index (χ2v) is 5.81. The molecule has 1 aromatic rings. The van der Waals surface area contributed by atoms with Gasteiger partial charge in [0, 0.05) is 12.1 Å². The first-order chi connectivity index (χ1) is 8.11. The predicted molar refractivity (Wildman–Crippen MR) is 72.5 cm³/mol. The monoisotopic (exact) mass is 299 g/mol. The Labute approximate surface area is 111 Å². The number of rotatable bonds is 5. The highest BCUT2D eigenvalue weighted by Crippen LogP contribution is 2.36. The van der Waals surface area contributed by atoms with Crippen LogP contribution in [0.3, 0.4) is 0 Å². The second-order valence-electron chi connectivity index (χ2n) is 4.95. The fourth-order valence-corrected chi connectivity index (χ4v) is 2.74. The highest BCUT2D eigenvalue weighted by atomic mass is 79.9. The lowest BCUT2D eigenvalue weighted by atomic mass is 10.1. The molecule has 1 N–H and O–H groups in total. The van der Waals surface area contributed by atoms with E-state index in [2.05, 4.69) is 35.1 Å². The molecular formula is C14H19BrFN. The molecule has 17 heavy (non-hydrogen) atoms. The van der Waals surface area contributed by atoms with Crippen LogP contribution in [0.25, 0.3) is 0 Å². The van der Waals surface area contributed by atoms with E-state index < -0.39 is 0 Å². The van der Waals surface area contributed by atoms with Crippen molar-refractivity contribution in [1.29, 1.82) is 0 Å². The van der Waals surface area contributed by atoms with Crippen molar-refractivity contribution in [3.05, 3.63) is 34.1 Å². The summed E-state index contributed by atoms with van der Waals surface area (Å²) in [7, 11) is 0. The lowest BCUT2D eigenvalue weighted by Gasteiger charge is -2.14. The Morgan fingerprint density at radius 2 is 2.29 bits per heavy atom. The first kappa shape index (κ1) is 13.0. The third-order valence-corrected chi connectivity index (χ3v) is 4.10. The maximum Gasteiger partial charge on any atom is 0.137 e. The van der Waals surface area contributed by atoms with Gasteiger partial charge < -0.3 is 5.32 Å². The minimum absolute atomic E-state index is 0.198. The van der Waals surface area contributed by atoms with Gasteiger partial charge in [-0.1, -0.05) is 19.4 Å². The molecule has 0 aliphatic heterocycles. The average molecular weight is 300 g/mol. The number of hydrogen-bond acceptors (Lipinski definition) is 1. The van der Waals surface area contributed by atoms with Crippen molar-refractivity contribution in [2.75, 3.05) is 0 Å². The van der Waals surface area contributed by atoms with Crippen LogP contribution in [0.1, 0.15) is 44.7 Å². The molecule has 1 saturated carbocycles. The van der Waals surface area contributed by atoms with Crippen LogP contribution in [-0.2, 0) is 0 Å². The molecule has 3 heteroatoms. The van der Waals surface area contributed by atoms with E-state index >= 15 is 0 Å². The fraction of sp³-hybridized carbons (Fsp3) is 0.571. The van der Waals surface area contributed by atoms with Gasteiger partial charge in [0.2, 0.25) is 0 Å². The van der Waals surface area contributed by atoms with Gasteiger partial charge in [-0.05, 0) is 59.3 Å². The summed E-state index contributed by atoms with van der Waals surface area (Å²) in [5.41, 5.74) is 1.14. The topological polar surface area (TPSA) is 12.0 Å². The van der Waals surface area contributed by atoms with Crippen LogP contribution >= 0.6 is 15.9 Å². The van der Waals surface area contributed by atoms with Gasteiger partial charge in [-0.3, -0.25) is 0 Å². The molecule has 1 aromatic carbocycles. The van der Waals surface area contributed by atoms with Crippen molar-refractivity contribution < 1.29 is 4.39 Å². The van der Waals surface area contributed by atoms with Gasteiger partial charge in [0.1, 0.15) is 5.82 Å². The van der Waals surface area contributed by atoms with Crippen molar-refractivity contribution in [2.45, 2.75) is 45.2 Å². The van der Waals surface area contributed by atoms with Crippen LogP contribution in [0.4, 0.5) is 4.39 Å². The normalized spacial score (nSPS) is 24.7. The Morgan fingerprint density at radius 1 is 1.53 bits per heavy atom. The molecule has 1 aliphatic rings. The summed E-state index contributed by atoms with van der Waals surface area (Å²) in [6.07, 6.45) is 3.87. The largest absolute Gasteiger partial charge is 0.307 e. The van der Waals surface area contributed by atoms with Crippen LogP contribution in [0.2, 0.25) is 0 Å². The van der Waals surface area contributed by atoms with E-state index in [1.165, 1.54) is 25.3 Å². The molecule has 1 aliphatic carbocycles. The highest BCUT2D eigenvalue weighted by Gasteiger charge is 2.36. The summed E-state index contributed by atoms with van der Waals surface area (Å²) in [6.45, 7) is 4.37. The molecule has 0 heterocycles. The van der Waals surface area contributed by atoms with E-state index in [4.69, 9.17) is 0 Å². The average Bonchev–Trinajstić information content (AvgIpc) is 3.01. The van der Waals surface area contributed by atoms with Crippen molar-refractivity contribution in [1.82, 2.24) is 5.32 Å². The van der Waals surface area contributed by atoms with Crippen LogP contribution in [0.5, 0.6) is 0 Å². The molecule has 0 aromatic heterocycles. The smallest absolute Gasteiger partial charge is 0.137 e. The molecule has 1 nitrogen and oxygen atoms in total. The summed E-state index contributed by atoms with van der Waals surface area (Å²) in [6, 6.07) is 6.19. The van der Waals surface area contributed by atoms with E-state index in [0.717, 1.165) is 11.5 Å². The lowest BCUT2D eigenvalue weighted by molar-refractivity contribution is 0.528. The standard InChI is InChI=1S/C14H19BrFN/c1-3-4-11-8-14(11)17-9(2)10-5-6-13(16)12(15)7-10/h5-7,9,11,14,17H,3-4,8H2,1-2H3. The van der Waals surface area contributed by atoms with E-state index in [9.17, 15) is 4.39 Å². The summed E-state index contributed by atoms with van der Waals surface area (Å²) < 4.78 is 13.7. The molecule has 94 valence electrons. The predicted octanol–water partition coefficient (Wildman–Crippen LogP) is 4.43. The second kappa shape index (κ2) is 5.49. The SMILES string of the molecule is CCCC1CC1NC(C)c1ccc(F)c(Br)c1. The lowest BCUT2D eigenvalue weighted by Crippen LogP contribution is -2.22. The summed E-state index contributed by atoms with van der Waals surface area (Å²) in [5, 5.41) is 3.61. The molecule has 2 rings (SSSR count). The molecule has 1 fully saturated rings. The Hall–Kier alpha value is -0.410. The molecule has 3 atom stereocenters. The van der Waals surface area contributed by atoms with E-state index in [1.807, 2.05) is 12.1 Å². The zero-order valence-electron chi connectivity index (χ0n) is 10.3. The minimum atomic E-state index is -0.198. The van der Waals surface area contributed by atoms with Crippen molar-refractivity contribution in [2.24, 2.45) is 5.92 Å². The Bertz CT molecular complexity index is 394. The Morgan fingerprint density at radius 3 is 2.94 bits per heavy atom.